The predicted molar refractivity (Wildman–Crippen MR) is 151 cm³/mol. The summed E-state index contributed by atoms with van der Waals surface area (Å²) >= 11 is 1.70. The molecule has 0 saturated carbocycles. The highest BCUT2D eigenvalue weighted by atomic mass is 32.1. The smallest absolute Gasteiger partial charge is 0.258 e. The third-order valence-electron chi connectivity index (χ3n) is 6.78. The van der Waals surface area contributed by atoms with Crippen molar-refractivity contribution in [1.29, 1.82) is 0 Å². The molecule has 1 amide bonds. The number of carbonyl (C=O) groups is 1. The summed E-state index contributed by atoms with van der Waals surface area (Å²) in [5.41, 5.74) is 4.73. The van der Waals surface area contributed by atoms with Gasteiger partial charge in [0.25, 0.3) is 5.91 Å². The lowest BCUT2D eigenvalue weighted by Crippen LogP contribution is -2.31. The second-order valence-electron chi connectivity index (χ2n) is 9.44. The van der Waals surface area contributed by atoms with Crippen LogP contribution in [-0.2, 0) is 30.8 Å². The van der Waals surface area contributed by atoms with Crippen LogP contribution >= 0.6 is 11.3 Å². The van der Waals surface area contributed by atoms with Crippen LogP contribution in [0.25, 0.3) is 21.5 Å². The largest absolute Gasteiger partial charge is 0.483 e. The van der Waals surface area contributed by atoms with Gasteiger partial charge in [-0.3, -0.25) is 9.69 Å². The predicted octanol–water partition coefficient (Wildman–Crippen LogP) is 5.61. The summed E-state index contributed by atoms with van der Waals surface area (Å²) in [6, 6.07) is 26.8. The molecule has 0 fully saturated rings. The van der Waals surface area contributed by atoms with Gasteiger partial charge >= 0.3 is 0 Å². The standard InChI is InChI=1S/C31H28N4O2S/c36-30(34-18-27-17-23-7-3-4-9-29(23)38-27)21-37-28-11-10-24(31-32-13-5-14-33-31)16-26(28)20-35-15-12-22-6-1-2-8-25(22)19-35/h1-11,13-14,16-17H,12,15,18-21H2,(H,34,36). The Morgan fingerprint density at radius 2 is 1.76 bits per heavy atom. The lowest BCUT2D eigenvalue weighted by molar-refractivity contribution is -0.123. The van der Waals surface area contributed by atoms with Gasteiger partial charge in [0, 0.05) is 52.7 Å². The fraction of sp³-hybridized carbons (Fsp3) is 0.194. The molecule has 5 aromatic rings. The zero-order chi connectivity index (χ0) is 25.7. The Labute approximate surface area is 225 Å². The van der Waals surface area contributed by atoms with Crippen LogP contribution in [0.1, 0.15) is 21.6 Å². The van der Waals surface area contributed by atoms with Crippen molar-refractivity contribution in [2.24, 2.45) is 0 Å². The van der Waals surface area contributed by atoms with Crippen LogP contribution < -0.4 is 10.1 Å². The summed E-state index contributed by atoms with van der Waals surface area (Å²) in [4.78, 5) is 25.0. The zero-order valence-corrected chi connectivity index (χ0v) is 21.8. The van der Waals surface area contributed by atoms with Gasteiger partial charge in [-0.1, -0.05) is 42.5 Å². The molecule has 3 aromatic carbocycles. The summed E-state index contributed by atoms with van der Waals surface area (Å²) in [7, 11) is 0. The SMILES string of the molecule is O=C(COc1ccc(-c2ncccn2)cc1CN1CCc2ccccc2C1)NCc1cc2ccccc2s1. The van der Waals surface area contributed by atoms with E-state index in [0.29, 0.717) is 24.7 Å². The Kier molecular flexibility index (Phi) is 7.11. The van der Waals surface area contributed by atoms with Crippen LogP contribution in [0.2, 0.25) is 0 Å². The van der Waals surface area contributed by atoms with Crippen molar-refractivity contribution in [3.63, 3.8) is 0 Å². The number of rotatable bonds is 8. The maximum Gasteiger partial charge on any atom is 0.258 e. The summed E-state index contributed by atoms with van der Waals surface area (Å²) in [5.74, 6) is 1.24. The first-order chi connectivity index (χ1) is 18.7. The van der Waals surface area contributed by atoms with Crippen LogP contribution in [0.4, 0.5) is 0 Å². The minimum Gasteiger partial charge on any atom is -0.483 e. The molecule has 0 bridgehead atoms. The highest BCUT2D eigenvalue weighted by Gasteiger charge is 2.19. The van der Waals surface area contributed by atoms with E-state index in [9.17, 15) is 4.79 Å². The summed E-state index contributed by atoms with van der Waals surface area (Å²) in [5, 5.41) is 4.19. The number of hydrogen-bond donors (Lipinski definition) is 1. The van der Waals surface area contributed by atoms with Crippen molar-refractivity contribution in [1.82, 2.24) is 20.2 Å². The number of hydrogen-bond acceptors (Lipinski definition) is 6. The van der Waals surface area contributed by atoms with Crippen LogP contribution in [-0.4, -0.2) is 33.9 Å². The van der Waals surface area contributed by atoms with Crippen molar-refractivity contribution in [3.8, 4) is 17.1 Å². The van der Waals surface area contributed by atoms with Gasteiger partial charge in [0.2, 0.25) is 0 Å². The maximum absolute atomic E-state index is 12.7. The fourth-order valence-electron chi connectivity index (χ4n) is 4.87. The Morgan fingerprint density at radius 3 is 2.63 bits per heavy atom. The van der Waals surface area contributed by atoms with Crippen LogP contribution in [0.15, 0.2) is 91.3 Å². The van der Waals surface area contributed by atoms with Crippen molar-refractivity contribution in [3.05, 3.63) is 113 Å². The van der Waals surface area contributed by atoms with Gasteiger partial charge in [0.15, 0.2) is 12.4 Å². The highest BCUT2D eigenvalue weighted by molar-refractivity contribution is 7.19. The molecule has 0 radical (unpaired) electrons. The topological polar surface area (TPSA) is 67.3 Å². The van der Waals surface area contributed by atoms with Gasteiger partial charge in [-0.15, -0.1) is 11.3 Å². The number of ether oxygens (including phenoxy) is 1. The van der Waals surface area contributed by atoms with E-state index < -0.39 is 0 Å². The van der Waals surface area contributed by atoms with Crippen molar-refractivity contribution in [2.75, 3.05) is 13.2 Å². The van der Waals surface area contributed by atoms with Crippen LogP contribution in [0.3, 0.4) is 0 Å². The molecule has 3 heterocycles. The monoisotopic (exact) mass is 520 g/mol. The molecule has 38 heavy (non-hydrogen) atoms. The number of amides is 1. The van der Waals surface area contributed by atoms with Crippen molar-refractivity contribution in [2.45, 2.75) is 26.1 Å². The second-order valence-corrected chi connectivity index (χ2v) is 10.6. The van der Waals surface area contributed by atoms with E-state index in [2.05, 4.69) is 68.7 Å². The van der Waals surface area contributed by atoms with E-state index in [4.69, 9.17) is 4.74 Å². The normalized spacial score (nSPS) is 13.3. The molecule has 190 valence electrons. The number of thiophene rings is 1. The van der Waals surface area contributed by atoms with Gasteiger partial charge in [-0.2, -0.15) is 0 Å². The molecule has 0 saturated heterocycles. The summed E-state index contributed by atoms with van der Waals surface area (Å²) in [6.07, 6.45) is 4.51. The summed E-state index contributed by atoms with van der Waals surface area (Å²) < 4.78 is 7.29. The molecule has 7 heteroatoms. The Balaban J connectivity index is 1.15. The molecule has 1 aliphatic heterocycles. The van der Waals surface area contributed by atoms with Gasteiger partial charge in [-0.25, -0.2) is 9.97 Å². The lowest BCUT2D eigenvalue weighted by atomic mass is 9.99. The van der Waals surface area contributed by atoms with Crippen molar-refractivity contribution >= 4 is 27.3 Å². The van der Waals surface area contributed by atoms with E-state index in [1.54, 1.807) is 23.7 Å². The third-order valence-corrected chi connectivity index (χ3v) is 7.90. The average molecular weight is 521 g/mol. The van der Waals surface area contributed by atoms with Gasteiger partial charge < -0.3 is 10.1 Å². The third kappa shape index (κ3) is 5.59. The Morgan fingerprint density at radius 1 is 0.947 bits per heavy atom. The molecule has 6 nitrogen and oxygen atoms in total. The quantitative estimate of drug-likeness (QED) is 0.288. The molecule has 0 aliphatic carbocycles. The molecular formula is C31H28N4O2S. The van der Waals surface area contributed by atoms with E-state index in [1.807, 2.05) is 30.3 Å². The molecule has 1 N–H and O–H groups in total. The van der Waals surface area contributed by atoms with Crippen LogP contribution in [0.5, 0.6) is 5.75 Å². The van der Waals surface area contributed by atoms with E-state index in [0.717, 1.165) is 35.5 Å². The molecule has 1 aliphatic rings. The lowest BCUT2D eigenvalue weighted by Gasteiger charge is -2.29. The molecule has 0 unspecified atom stereocenters. The zero-order valence-electron chi connectivity index (χ0n) is 21.0. The number of carbonyl (C=O) groups excluding carboxylic acids is 1. The molecule has 0 spiro atoms. The minimum absolute atomic E-state index is 0.0398. The second kappa shape index (κ2) is 11.1. The van der Waals surface area contributed by atoms with Gasteiger partial charge in [0.1, 0.15) is 5.75 Å². The first-order valence-electron chi connectivity index (χ1n) is 12.8. The summed E-state index contributed by atoms with van der Waals surface area (Å²) in [6.45, 7) is 3.02. The van der Waals surface area contributed by atoms with Gasteiger partial charge in [0.05, 0.1) is 6.54 Å². The first-order valence-corrected chi connectivity index (χ1v) is 13.6. The van der Waals surface area contributed by atoms with Crippen LogP contribution in [0, 0.1) is 0 Å². The molecule has 0 atom stereocenters. The molecular weight excluding hydrogens is 492 g/mol. The minimum atomic E-state index is -0.143. The van der Waals surface area contributed by atoms with E-state index in [1.165, 1.54) is 21.2 Å². The average Bonchev–Trinajstić information content (AvgIpc) is 3.39. The van der Waals surface area contributed by atoms with E-state index >= 15 is 0 Å². The maximum atomic E-state index is 12.7. The molecule has 2 aromatic heterocycles. The van der Waals surface area contributed by atoms with E-state index in [-0.39, 0.29) is 12.5 Å². The highest BCUT2D eigenvalue weighted by Crippen LogP contribution is 2.29. The Hall–Kier alpha value is -4.07. The Bertz CT molecular complexity index is 1530. The first kappa shape index (κ1) is 24.3. The number of nitrogens with zero attached hydrogens (tertiary/aromatic N) is 3. The molecule has 6 rings (SSSR count). The number of fused-ring (bicyclic) bond motifs is 2. The number of aromatic nitrogens is 2. The number of nitrogens with one attached hydrogen (secondary N) is 1. The number of benzene rings is 3. The van der Waals surface area contributed by atoms with Crippen molar-refractivity contribution < 1.29 is 9.53 Å². The van der Waals surface area contributed by atoms with Gasteiger partial charge in [-0.05, 0) is 59.3 Å². The fourth-order valence-corrected chi connectivity index (χ4v) is 5.87.